The van der Waals surface area contributed by atoms with Crippen molar-refractivity contribution in [2.24, 2.45) is 0 Å². The molecular formula is C23H34NO4+. The maximum absolute atomic E-state index is 11.1. The van der Waals surface area contributed by atoms with Crippen LogP contribution >= 0.6 is 0 Å². The van der Waals surface area contributed by atoms with Gasteiger partial charge in [0.15, 0.2) is 0 Å². The summed E-state index contributed by atoms with van der Waals surface area (Å²) < 4.78 is 17.7. The summed E-state index contributed by atoms with van der Waals surface area (Å²) in [6.07, 6.45) is 2.86. The highest BCUT2D eigenvalue weighted by atomic mass is 16.5. The highest BCUT2D eigenvalue weighted by molar-refractivity contribution is 6.02. The van der Waals surface area contributed by atoms with Crippen molar-refractivity contribution in [3.8, 4) is 5.75 Å². The molecule has 1 aromatic carbocycles. The molecule has 5 heteroatoms. The molecule has 0 saturated heterocycles. The zero-order valence-electron chi connectivity index (χ0n) is 18.3. The molecule has 0 heterocycles. The van der Waals surface area contributed by atoms with Crippen LogP contribution in [0.2, 0.25) is 0 Å². The van der Waals surface area contributed by atoms with Crippen LogP contribution in [0.3, 0.4) is 0 Å². The molecule has 1 aliphatic rings. The summed E-state index contributed by atoms with van der Waals surface area (Å²) in [5.41, 5.74) is 7.10. The Kier molecular flexibility index (Phi) is 7.69. The fourth-order valence-corrected chi connectivity index (χ4v) is 3.86. The Morgan fingerprint density at radius 1 is 1.04 bits per heavy atom. The van der Waals surface area contributed by atoms with E-state index < -0.39 is 0 Å². The first-order valence-corrected chi connectivity index (χ1v) is 9.81. The zero-order chi connectivity index (χ0) is 20.8. The molecule has 2 rings (SSSR count). The van der Waals surface area contributed by atoms with Crippen LogP contribution < -0.4 is 4.74 Å². The van der Waals surface area contributed by atoms with Crippen molar-refractivity contribution in [2.45, 2.75) is 53.9 Å². The maximum Gasteiger partial charge on any atom is 0.258 e. The van der Waals surface area contributed by atoms with Crippen LogP contribution in [0.4, 0.5) is 5.69 Å². The van der Waals surface area contributed by atoms with Gasteiger partial charge in [-0.3, -0.25) is 5.21 Å². The summed E-state index contributed by atoms with van der Waals surface area (Å²) >= 11 is 0. The lowest BCUT2D eigenvalue weighted by Crippen LogP contribution is -2.22. The van der Waals surface area contributed by atoms with Gasteiger partial charge in [0, 0.05) is 36.0 Å². The lowest BCUT2D eigenvalue weighted by atomic mass is 9.86. The van der Waals surface area contributed by atoms with Gasteiger partial charge in [-0.25, -0.2) is 0 Å². The van der Waals surface area contributed by atoms with Gasteiger partial charge in [0.05, 0.1) is 25.0 Å². The molecule has 5 nitrogen and oxygen atoms in total. The van der Waals surface area contributed by atoms with Crippen LogP contribution in [0, 0.1) is 13.8 Å². The number of hydrogen-bond donors (Lipinski definition) is 1. The van der Waals surface area contributed by atoms with Gasteiger partial charge >= 0.3 is 0 Å². The zero-order valence-corrected chi connectivity index (χ0v) is 18.3. The quantitative estimate of drug-likeness (QED) is 0.228. The van der Waals surface area contributed by atoms with Crippen LogP contribution in [-0.2, 0) is 9.47 Å². The number of benzene rings is 1. The third-order valence-corrected chi connectivity index (χ3v) is 5.34. The van der Waals surface area contributed by atoms with E-state index in [9.17, 15) is 5.21 Å². The van der Waals surface area contributed by atoms with E-state index in [2.05, 4.69) is 13.8 Å². The normalized spacial score (nSPS) is 17.4. The second-order valence-corrected chi connectivity index (χ2v) is 7.40. The monoisotopic (exact) mass is 388 g/mol. The Morgan fingerprint density at radius 3 is 2.25 bits per heavy atom. The molecule has 0 atom stereocenters. The SMILES string of the molecule is COCCO/C(C)=C(\C)C1=C(C)CCC/C1=[N+](/O)c1cc(C)c(OC)c(C)c1. The molecule has 0 aromatic heterocycles. The van der Waals surface area contributed by atoms with Crippen LogP contribution in [0.1, 0.15) is 51.2 Å². The molecule has 0 unspecified atom stereocenters. The number of rotatable bonds is 7. The Hall–Kier alpha value is -2.27. The van der Waals surface area contributed by atoms with E-state index in [1.165, 1.54) is 10.3 Å². The van der Waals surface area contributed by atoms with Gasteiger partial charge in [-0.05, 0) is 58.6 Å². The summed E-state index contributed by atoms with van der Waals surface area (Å²) in [5.74, 6) is 1.72. The largest absolute Gasteiger partial charge is 0.496 e. The van der Waals surface area contributed by atoms with Crippen molar-refractivity contribution >= 4 is 11.4 Å². The number of ether oxygens (including phenoxy) is 3. The van der Waals surface area contributed by atoms with Crippen molar-refractivity contribution in [1.82, 2.24) is 0 Å². The third kappa shape index (κ3) is 4.76. The Bertz CT molecular complexity index is 795. The van der Waals surface area contributed by atoms with Gasteiger partial charge in [0.1, 0.15) is 12.4 Å². The summed E-state index contributed by atoms with van der Waals surface area (Å²) in [6, 6.07) is 3.92. The van der Waals surface area contributed by atoms with E-state index in [4.69, 9.17) is 14.2 Å². The molecule has 154 valence electrons. The Balaban J connectivity index is 2.52. The fraction of sp³-hybridized carbons (Fsp3) is 0.522. The number of nitrogens with zero attached hydrogens (tertiary/aromatic N) is 1. The van der Waals surface area contributed by atoms with E-state index >= 15 is 0 Å². The van der Waals surface area contributed by atoms with Crippen molar-refractivity contribution < 1.29 is 24.2 Å². The van der Waals surface area contributed by atoms with Crippen molar-refractivity contribution in [3.05, 3.63) is 45.7 Å². The molecule has 1 N–H and O–H groups in total. The molecule has 0 bridgehead atoms. The minimum Gasteiger partial charge on any atom is -0.496 e. The van der Waals surface area contributed by atoms with Gasteiger partial charge in [0.25, 0.3) is 5.69 Å². The molecule has 28 heavy (non-hydrogen) atoms. The van der Waals surface area contributed by atoms with Crippen molar-refractivity contribution in [3.63, 3.8) is 0 Å². The predicted octanol–water partition coefficient (Wildman–Crippen LogP) is 5.24. The number of methoxy groups -OCH3 is 2. The van der Waals surface area contributed by atoms with Gasteiger partial charge in [-0.15, -0.1) is 0 Å². The van der Waals surface area contributed by atoms with Crippen LogP contribution in [-0.4, -0.2) is 43.1 Å². The van der Waals surface area contributed by atoms with Gasteiger partial charge in [-0.1, -0.05) is 5.57 Å². The number of aryl methyl sites for hydroxylation is 2. The number of hydrogen-bond acceptors (Lipinski definition) is 4. The van der Waals surface area contributed by atoms with Gasteiger partial charge < -0.3 is 14.2 Å². The number of allylic oxidation sites excluding steroid dienone is 4. The van der Waals surface area contributed by atoms with Crippen LogP contribution in [0.15, 0.2) is 34.6 Å². The van der Waals surface area contributed by atoms with E-state index in [0.29, 0.717) is 13.2 Å². The first kappa shape index (κ1) is 22.0. The van der Waals surface area contributed by atoms with Crippen molar-refractivity contribution in [1.29, 1.82) is 0 Å². The molecule has 1 aliphatic carbocycles. The molecule has 0 saturated carbocycles. The van der Waals surface area contributed by atoms with E-state index in [0.717, 1.165) is 64.4 Å². The Labute approximate surface area is 168 Å². The second-order valence-electron chi connectivity index (χ2n) is 7.40. The molecule has 0 amide bonds. The van der Waals surface area contributed by atoms with Crippen molar-refractivity contribution in [2.75, 3.05) is 27.4 Å². The first-order valence-electron chi connectivity index (χ1n) is 9.81. The predicted molar refractivity (Wildman–Crippen MR) is 112 cm³/mol. The average molecular weight is 389 g/mol. The standard InChI is InChI=1S/C23H34NO4/c1-15-9-8-10-21(22(15)18(4)19(5)28-12-11-26-6)24(25)20-13-16(2)23(27-7)17(3)14-20/h13-14,25H,8-12H2,1-7H3/q+1/b19-18+,24-21-. The first-order chi connectivity index (χ1) is 13.3. The van der Waals surface area contributed by atoms with Crippen LogP contribution in [0.5, 0.6) is 5.75 Å². The van der Waals surface area contributed by atoms with E-state index in [1.807, 2.05) is 32.9 Å². The summed E-state index contributed by atoms with van der Waals surface area (Å²) in [4.78, 5) is 0. The lowest BCUT2D eigenvalue weighted by Gasteiger charge is -2.20. The summed E-state index contributed by atoms with van der Waals surface area (Å²) in [5, 5.41) is 11.1. The lowest BCUT2D eigenvalue weighted by molar-refractivity contribution is -0.713. The second kappa shape index (κ2) is 9.78. The molecule has 0 fully saturated rings. The van der Waals surface area contributed by atoms with E-state index in [1.54, 1.807) is 14.2 Å². The average Bonchev–Trinajstić information content (AvgIpc) is 2.66. The third-order valence-electron chi connectivity index (χ3n) is 5.34. The highest BCUT2D eigenvalue weighted by Crippen LogP contribution is 2.33. The Morgan fingerprint density at radius 2 is 1.68 bits per heavy atom. The smallest absolute Gasteiger partial charge is 0.258 e. The van der Waals surface area contributed by atoms with Gasteiger partial charge in [-0.2, -0.15) is 0 Å². The minimum atomic E-state index is 0.515. The molecule has 1 aromatic rings. The minimum absolute atomic E-state index is 0.515. The van der Waals surface area contributed by atoms with E-state index in [-0.39, 0.29) is 0 Å². The van der Waals surface area contributed by atoms with Crippen LogP contribution in [0.25, 0.3) is 0 Å². The molecule has 0 spiro atoms. The summed E-state index contributed by atoms with van der Waals surface area (Å²) in [6.45, 7) is 11.2. The highest BCUT2D eigenvalue weighted by Gasteiger charge is 2.30. The van der Waals surface area contributed by atoms with Gasteiger partial charge in [0.2, 0.25) is 5.71 Å². The summed E-state index contributed by atoms with van der Waals surface area (Å²) in [7, 11) is 3.34. The topological polar surface area (TPSA) is 50.9 Å². The fourth-order valence-electron chi connectivity index (χ4n) is 3.86. The molecule has 0 aliphatic heterocycles. The maximum atomic E-state index is 11.1. The molecule has 0 radical (unpaired) electrons. The molecular weight excluding hydrogens is 354 g/mol.